The van der Waals surface area contributed by atoms with Crippen LogP contribution in [-0.2, 0) is 0 Å². The van der Waals surface area contributed by atoms with Gasteiger partial charge >= 0.3 is 0 Å². The number of benzene rings is 1. The van der Waals surface area contributed by atoms with E-state index in [1.165, 1.54) is 0 Å². The summed E-state index contributed by atoms with van der Waals surface area (Å²) in [7, 11) is 0. The molecule has 0 atom stereocenters. The minimum Gasteiger partial charge on any atom is -0.298 e. The van der Waals surface area contributed by atoms with Crippen LogP contribution in [0.3, 0.4) is 0 Å². The molecule has 0 unspecified atom stereocenters. The second-order valence-electron chi connectivity index (χ2n) is 3.30. The molecule has 1 aromatic heterocycles. The molecule has 0 aliphatic rings. The van der Waals surface area contributed by atoms with Crippen LogP contribution < -0.4 is 0 Å². The first kappa shape index (κ1) is 12.4. The molecule has 5 heteroatoms. The van der Waals surface area contributed by atoms with Crippen molar-refractivity contribution in [3.05, 3.63) is 51.1 Å². The molecular weight excluding hydrogens is 280 g/mol. The third-order valence-corrected chi connectivity index (χ3v) is 3.02. The number of rotatable bonds is 2. The molecule has 0 spiro atoms. The van der Waals surface area contributed by atoms with Crippen molar-refractivity contribution >= 4 is 41.1 Å². The Hall–Kier alpha value is -1.09. The molecule has 0 saturated carbocycles. The van der Waals surface area contributed by atoms with E-state index in [0.717, 1.165) is 0 Å². The van der Waals surface area contributed by atoms with E-state index >= 15 is 0 Å². The molecule has 0 radical (unpaired) electrons. The van der Waals surface area contributed by atoms with Crippen LogP contribution in [0.1, 0.15) is 10.4 Å². The predicted molar refractivity (Wildman–Crippen MR) is 70.1 cm³/mol. The number of hydrogen-bond donors (Lipinski definition) is 0. The Morgan fingerprint density at radius 1 is 1.12 bits per heavy atom. The van der Waals surface area contributed by atoms with Crippen molar-refractivity contribution in [3.63, 3.8) is 0 Å². The summed E-state index contributed by atoms with van der Waals surface area (Å²) >= 11 is 18.0. The molecule has 2 rings (SSSR count). The quantitative estimate of drug-likeness (QED) is 0.760. The zero-order valence-corrected chi connectivity index (χ0v) is 10.7. The van der Waals surface area contributed by atoms with Gasteiger partial charge in [0.15, 0.2) is 6.29 Å². The molecule has 17 heavy (non-hydrogen) atoms. The van der Waals surface area contributed by atoms with Gasteiger partial charge < -0.3 is 0 Å². The third-order valence-electron chi connectivity index (χ3n) is 2.21. The molecule has 0 N–H and O–H groups in total. The third kappa shape index (κ3) is 2.44. The van der Waals surface area contributed by atoms with Gasteiger partial charge in [0, 0.05) is 22.3 Å². The average molecular weight is 287 g/mol. The van der Waals surface area contributed by atoms with Gasteiger partial charge in [-0.3, -0.25) is 9.78 Å². The number of nitrogens with zero attached hydrogens (tertiary/aromatic N) is 1. The lowest BCUT2D eigenvalue weighted by Crippen LogP contribution is -1.92. The molecule has 2 nitrogen and oxygen atoms in total. The highest BCUT2D eigenvalue weighted by Crippen LogP contribution is 2.37. The number of hydrogen-bond acceptors (Lipinski definition) is 2. The van der Waals surface area contributed by atoms with Crippen molar-refractivity contribution in [2.45, 2.75) is 0 Å². The zero-order chi connectivity index (χ0) is 12.4. The largest absolute Gasteiger partial charge is 0.298 e. The summed E-state index contributed by atoms with van der Waals surface area (Å²) < 4.78 is 0. The number of aromatic nitrogens is 1. The van der Waals surface area contributed by atoms with E-state index < -0.39 is 0 Å². The van der Waals surface area contributed by atoms with Gasteiger partial charge in [-0.15, -0.1) is 0 Å². The Morgan fingerprint density at radius 3 is 2.35 bits per heavy atom. The van der Waals surface area contributed by atoms with Gasteiger partial charge in [0.05, 0.1) is 15.7 Å². The minimum absolute atomic E-state index is 0.365. The number of carbonyl (C=O) groups is 1. The second-order valence-corrected chi connectivity index (χ2v) is 4.55. The van der Waals surface area contributed by atoms with E-state index in [1.807, 2.05) is 0 Å². The molecule has 0 saturated heterocycles. The van der Waals surface area contributed by atoms with Crippen LogP contribution >= 0.6 is 34.8 Å². The lowest BCUT2D eigenvalue weighted by Gasteiger charge is -2.08. The Balaban J connectivity index is 2.72. The summed E-state index contributed by atoms with van der Waals surface area (Å²) in [5.41, 5.74) is 1.40. The standard InChI is InChI=1S/C12H6Cl3NO/c13-8-4-9(14)11(10(15)5-8)12-7(6-17)2-1-3-16-12/h1-6H. The Kier molecular flexibility index (Phi) is 3.67. The molecule has 86 valence electrons. The monoisotopic (exact) mass is 285 g/mol. The van der Waals surface area contributed by atoms with E-state index in [1.54, 1.807) is 30.5 Å². The average Bonchev–Trinajstić information content (AvgIpc) is 2.28. The fraction of sp³-hybridized carbons (Fsp3) is 0. The maximum atomic E-state index is 10.9. The van der Waals surface area contributed by atoms with Crippen molar-refractivity contribution in [1.29, 1.82) is 0 Å². The van der Waals surface area contributed by atoms with Crippen molar-refractivity contribution in [2.75, 3.05) is 0 Å². The van der Waals surface area contributed by atoms with Gasteiger partial charge in [0.2, 0.25) is 0 Å². The van der Waals surface area contributed by atoms with Crippen LogP contribution in [-0.4, -0.2) is 11.3 Å². The maximum Gasteiger partial charge on any atom is 0.152 e. The topological polar surface area (TPSA) is 30.0 Å². The number of pyridine rings is 1. The van der Waals surface area contributed by atoms with Gasteiger partial charge in [-0.25, -0.2) is 0 Å². The summed E-state index contributed by atoms with van der Waals surface area (Å²) in [6.45, 7) is 0. The van der Waals surface area contributed by atoms with Crippen LogP contribution in [0.5, 0.6) is 0 Å². The zero-order valence-electron chi connectivity index (χ0n) is 8.45. The summed E-state index contributed by atoms with van der Waals surface area (Å²) in [6.07, 6.45) is 2.28. The van der Waals surface area contributed by atoms with Gasteiger partial charge in [0.25, 0.3) is 0 Å². The molecule has 0 aliphatic carbocycles. The van der Waals surface area contributed by atoms with Crippen LogP contribution in [0.4, 0.5) is 0 Å². The summed E-state index contributed by atoms with van der Waals surface area (Å²) in [6, 6.07) is 6.45. The van der Waals surface area contributed by atoms with Gasteiger partial charge in [-0.1, -0.05) is 34.8 Å². The van der Waals surface area contributed by atoms with E-state index in [0.29, 0.717) is 38.2 Å². The fourth-order valence-electron chi connectivity index (χ4n) is 1.49. The minimum atomic E-state index is 0.365. The summed E-state index contributed by atoms with van der Waals surface area (Å²) in [5.74, 6) is 0. The van der Waals surface area contributed by atoms with E-state index in [4.69, 9.17) is 34.8 Å². The fourth-order valence-corrected chi connectivity index (χ4v) is 2.49. The van der Waals surface area contributed by atoms with E-state index in [9.17, 15) is 4.79 Å². The van der Waals surface area contributed by atoms with Gasteiger partial charge in [-0.05, 0) is 24.3 Å². The number of carbonyl (C=O) groups excluding carboxylic acids is 1. The summed E-state index contributed by atoms with van der Waals surface area (Å²) in [4.78, 5) is 15.1. The molecule has 0 fully saturated rings. The first-order valence-electron chi connectivity index (χ1n) is 4.68. The normalized spacial score (nSPS) is 10.3. The molecular formula is C12H6Cl3NO. The highest BCUT2D eigenvalue weighted by atomic mass is 35.5. The van der Waals surface area contributed by atoms with Gasteiger partial charge in [-0.2, -0.15) is 0 Å². The first-order valence-corrected chi connectivity index (χ1v) is 5.82. The van der Waals surface area contributed by atoms with Crippen molar-refractivity contribution in [1.82, 2.24) is 4.98 Å². The van der Waals surface area contributed by atoms with Crippen molar-refractivity contribution < 1.29 is 4.79 Å². The van der Waals surface area contributed by atoms with Crippen molar-refractivity contribution in [2.24, 2.45) is 0 Å². The number of aldehydes is 1. The molecule has 0 amide bonds. The lowest BCUT2D eigenvalue weighted by molar-refractivity contribution is 0.112. The Morgan fingerprint density at radius 2 is 1.76 bits per heavy atom. The maximum absolute atomic E-state index is 10.9. The van der Waals surface area contributed by atoms with Crippen LogP contribution in [0.2, 0.25) is 15.1 Å². The van der Waals surface area contributed by atoms with Crippen molar-refractivity contribution in [3.8, 4) is 11.3 Å². The molecule has 0 bridgehead atoms. The summed E-state index contributed by atoms with van der Waals surface area (Å²) in [5, 5.41) is 1.17. The highest BCUT2D eigenvalue weighted by Gasteiger charge is 2.14. The molecule has 2 aromatic rings. The molecule has 1 heterocycles. The van der Waals surface area contributed by atoms with Crippen LogP contribution in [0.15, 0.2) is 30.5 Å². The second kappa shape index (κ2) is 5.05. The van der Waals surface area contributed by atoms with Crippen LogP contribution in [0.25, 0.3) is 11.3 Å². The molecule has 0 aliphatic heterocycles. The predicted octanol–water partition coefficient (Wildman–Crippen LogP) is 4.52. The first-order chi connectivity index (χ1) is 8.13. The number of halogens is 3. The smallest absolute Gasteiger partial charge is 0.152 e. The van der Waals surface area contributed by atoms with Crippen LogP contribution in [0, 0.1) is 0 Å². The Labute approximate surface area is 113 Å². The van der Waals surface area contributed by atoms with E-state index in [-0.39, 0.29) is 0 Å². The SMILES string of the molecule is O=Cc1cccnc1-c1c(Cl)cc(Cl)cc1Cl. The molecule has 1 aromatic carbocycles. The lowest BCUT2D eigenvalue weighted by atomic mass is 10.1. The van der Waals surface area contributed by atoms with Gasteiger partial charge in [0.1, 0.15) is 0 Å². The van der Waals surface area contributed by atoms with E-state index in [2.05, 4.69) is 4.98 Å². The Bertz CT molecular complexity index is 561. The highest BCUT2D eigenvalue weighted by molar-refractivity contribution is 6.41.